The quantitative estimate of drug-likeness (QED) is 0.721. The van der Waals surface area contributed by atoms with Crippen LogP contribution in [0.2, 0.25) is 5.02 Å². The SMILES string of the molecule is N#Cc1ccccc1Nc1ccc(C(=O)NCc2ccccc2Cl)nn1. The number of carbonyl (C=O) groups excluding carboxylic acids is 1. The summed E-state index contributed by atoms with van der Waals surface area (Å²) < 4.78 is 0. The largest absolute Gasteiger partial charge is 0.347 e. The molecule has 6 nitrogen and oxygen atoms in total. The average molecular weight is 364 g/mol. The Morgan fingerprint density at radius 3 is 2.54 bits per heavy atom. The van der Waals surface area contributed by atoms with E-state index in [-0.39, 0.29) is 11.6 Å². The molecule has 0 fully saturated rings. The van der Waals surface area contributed by atoms with Crippen molar-refractivity contribution in [3.63, 3.8) is 0 Å². The number of benzene rings is 2. The highest BCUT2D eigenvalue weighted by Crippen LogP contribution is 2.18. The third-order valence-electron chi connectivity index (χ3n) is 3.60. The van der Waals surface area contributed by atoms with Crippen LogP contribution in [0, 0.1) is 11.3 Å². The molecule has 0 radical (unpaired) electrons. The molecule has 1 amide bonds. The number of nitriles is 1. The molecule has 0 unspecified atom stereocenters. The Kier molecular flexibility index (Phi) is 5.42. The van der Waals surface area contributed by atoms with E-state index < -0.39 is 0 Å². The van der Waals surface area contributed by atoms with Gasteiger partial charge in [0.1, 0.15) is 6.07 Å². The number of nitrogens with zero attached hydrogens (tertiary/aromatic N) is 3. The molecule has 2 N–H and O–H groups in total. The van der Waals surface area contributed by atoms with Gasteiger partial charge in [-0.15, -0.1) is 10.2 Å². The van der Waals surface area contributed by atoms with Crippen molar-refractivity contribution >= 4 is 29.0 Å². The first-order valence-corrected chi connectivity index (χ1v) is 8.16. The summed E-state index contributed by atoms with van der Waals surface area (Å²) in [6.45, 7) is 0.301. The van der Waals surface area contributed by atoms with Gasteiger partial charge in [0.05, 0.1) is 11.3 Å². The maximum Gasteiger partial charge on any atom is 0.272 e. The van der Waals surface area contributed by atoms with Crippen LogP contribution in [0.1, 0.15) is 21.6 Å². The number of amides is 1. The average Bonchev–Trinajstić information content (AvgIpc) is 2.68. The molecule has 0 aliphatic rings. The molecule has 0 aliphatic heterocycles. The fourth-order valence-corrected chi connectivity index (χ4v) is 2.46. The van der Waals surface area contributed by atoms with Gasteiger partial charge < -0.3 is 10.6 Å². The summed E-state index contributed by atoms with van der Waals surface area (Å²) in [6.07, 6.45) is 0. The first-order chi connectivity index (χ1) is 12.7. The maximum atomic E-state index is 12.2. The third kappa shape index (κ3) is 4.15. The first-order valence-electron chi connectivity index (χ1n) is 7.79. The Hall–Kier alpha value is -3.43. The lowest BCUT2D eigenvalue weighted by molar-refractivity contribution is 0.0945. The summed E-state index contributed by atoms with van der Waals surface area (Å²) in [4.78, 5) is 12.2. The van der Waals surface area contributed by atoms with Crippen LogP contribution in [0.4, 0.5) is 11.5 Å². The molecule has 7 heteroatoms. The Labute approximate surface area is 155 Å². The summed E-state index contributed by atoms with van der Waals surface area (Å²) >= 11 is 6.07. The molecule has 26 heavy (non-hydrogen) atoms. The minimum Gasteiger partial charge on any atom is -0.347 e. The highest BCUT2D eigenvalue weighted by molar-refractivity contribution is 6.31. The molecule has 0 spiro atoms. The Morgan fingerprint density at radius 1 is 1.04 bits per heavy atom. The van der Waals surface area contributed by atoms with Crippen molar-refractivity contribution < 1.29 is 4.79 Å². The molecule has 3 rings (SSSR count). The second kappa shape index (κ2) is 8.10. The van der Waals surface area contributed by atoms with Gasteiger partial charge in [-0.05, 0) is 35.9 Å². The van der Waals surface area contributed by atoms with Crippen molar-refractivity contribution in [3.8, 4) is 6.07 Å². The van der Waals surface area contributed by atoms with E-state index in [0.29, 0.717) is 28.6 Å². The van der Waals surface area contributed by atoms with Crippen molar-refractivity contribution in [1.29, 1.82) is 5.26 Å². The number of halogens is 1. The molecule has 0 saturated carbocycles. The maximum absolute atomic E-state index is 12.2. The lowest BCUT2D eigenvalue weighted by Gasteiger charge is -2.08. The van der Waals surface area contributed by atoms with Gasteiger partial charge in [-0.2, -0.15) is 5.26 Å². The van der Waals surface area contributed by atoms with Gasteiger partial charge in [0.25, 0.3) is 5.91 Å². The van der Waals surface area contributed by atoms with E-state index in [1.54, 1.807) is 36.4 Å². The van der Waals surface area contributed by atoms with Gasteiger partial charge in [0.15, 0.2) is 11.5 Å². The topological polar surface area (TPSA) is 90.7 Å². The summed E-state index contributed by atoms with van der Waals surface area (Å²) in [5.41, 5.74) is 2.13. The zero-order valence-corrected chi connectivity index (χ0v) is 14.4. The third-order valence-corrected chi connectivity index (χ3v) is 3.97. The first kappa shape index (κ1) is 17.4. The number of hydrogen-bond donors (Lipinski definition) is 2. The van der Waals surface area contributed by atoms with Gasteiger partial charge in [-0.3, -0.25) is 4.79 Å². The molecular formula is C19H14ClN5O. The summed E-state index contributed by atoms with van der Waals surface area (Å²) in [5.74, 6) is 0.0942. The normalized spacial score (nSPS) is 10.0. The van der Waals surface area contributed by atoms with Crippen LogP contribution >= 0.6 is 11.6 Å². The van der Waals surface area contributed by atoms with Crippen LogP contribution in [0.15, 0.2) is 60.7 Å². The van der Waals surface area contributed by atoms with E-state index in [1.807, 2.05) is 24.3 Å². The van der Waals surface area contributed by atoms with Crippen molar-refractivity contribution in [1.82, 2.24) is 15.5 Å². The molecule has 1 heterocycles. The van der Waals surface area contributed by atoms with Crippen LogP contribution in [0.3, 0.4) is 0 Å². The van der Waals surface area contributed by atoms with E-state index >= 15 is 0 Å². The fraction of sp³-hybridized carbons (Fsp3) is 0.0526. The second-order valence-electron chi connectivity index (χ2n) is 5.36. The number of aromatic nitrogens is 2. The zero-order valence-electron chi connectivity index (χ0n) is 13.6. The Morgan fingerprint density at radius 2 is 1.81 bits per heavy atom. The lowest BCUT2D eigenvalue weighted by Crippen LogP contribution is -2.24. The highest BCUT2D eigenvalue weighted by atomic mass is 35.5. The van der Waals surface area contributed by atoms with Crippen LogP contribution in [-0.2, 0) is 6.54 Å². The van der Waals surface area contributed by atoms with Crippen LogP contribution in [0.25, 0.3) is 0 Å². The molecule has 0 bridgehead atoms. The predicted molar refractivity (Wildman–Crippen MR) is 99.1 cm³/mol. The second-order valence-corrected chi connectivity index (χ2v) is 5.77. The minimum atomic E-state index is -0.346. The monoisotopic (exact) mass is 363 g/mol. The highest BCUT2D eigenvalue weighted by Gasteiger charge is 2.10. The number of para-hydroxylation sites is 1. The lowest BCUT2D eigenvalue weighted by atomic mass is 10.2. The number of carbonyl (C=O) groups is 1. The number of anilines is 2. The molecule has 128 valence electrons. The van der Waals surface area contributed by atoms with E-state index in [4.69, 9.17) is 16.9 Å². The summed E-state index contributed by atoms with van der Waals surface area (Å²) in [6, 6.07) is 19.6. The summed E-state index contributed by atoms with van der Waals surface area (Å²) in [5, 5.41) is 23.4. The van der Waals surface area contributed by atoms with Crippen LogP contribution in [-0.4, -0.2) is 16.1 Å². The number of hydrogen-bond acceptors (Lipinski definition) is 5. The van der Waals surface area contributed by atoms with Crippen molar-refractivity contribution in [2.45, 2.75) is 6.54 Å². The van der Waals surface area contributed by atoms with E-state index in [9.17, 15) is 4.79 Å². The van der Waals surface area contributed by atoms with Crippen LogP contribution < -0.4 is 10.6 Å². The molecule has 0 aliphatic carbocycles. The molecule has 0 atom stereocenters. The molecular weight excluding hydrogens is 350 g/mol. The van der Waals surface area contributed by atoms with Gasteiger partial charge in [0.2, 0.25) is 0 Å². The van der Waals surface area contributed by atoms with E-state index in [2.05, 4.69) is 26.9 Å². The molecule has 2 aromatic carbocycles. The van der Waals surface area contributed by atoms with Gasteiger partial charge in [-0.25, -0.2) is 0 Å². The predicted octanol–water partition coefficient (Wildman–Crippen LogP) is 3.68. The van der Waals surface area contributed by atoms with Crippen molar-refractivity contribution in [2.75, 3.05) is 5.32 Å². The zero-order chi connectivity index (χ0) is 18.4. The van der Waals surface area contributed by atoms with Crippen molar-refractivity contribution in [3.05, 3.63) is 82.5 Å². The van der Waals surface area contributed by atoms with E-state index in [0.717, 1.165) is 5.56 Å². The summed E-state index contributed by atoms with van der Waals surface area (Å²) in [7, 11) is 0. The van der Waals surface area contributed by atoms with E-state index in [1.165, 1.54) is 0 Å². The smallest absolute Gasteiger partial charge is 0.272 e. The van der Waals surface area contributed by atoms with Crippen molar-refractivity contribution in [2.24, 2.45) is 0 Å². The number of rotatable bonds is 5. The Balaban J connectivity index is 1.65. The minimum absolute atomic E-state index is 0.191. The fourth-order valence-electron chi connectivity index (χ4n) is 2.26. The Bertz CT molecular complexity index is 966. The molecule has 3 aromatic rings. The number of nitrogens with one attached hydrogen (secondary N) is 2. The van der Waals surface area contributed by atoms with Gasteiger partial charge in [0, 0.05) is 11.6 Å². The standard InChI is InChI=1S/C19H14ClN5O/c20-15-7-3-1-6-14(15)12-22-19(26)17-9-10-18(25-24-17)23-16-8-4-2-5-13(16)11-21/h1-10H,12H2,(H,22,26)(H,23,25). The van der Waals surface area contributed by atoms with Gasteiger partial charge in [-0.1, -0.05) is 41.9 Å². The van der Waals surface area contributed by atoms with Crippen LogP contribution in [0.5, 0.6) is 0 Å². The van der Waals surface area contributed by atoms with Gasteiger partial charge >= 0.3 is 0 Å². The molecule has 0 saturated heterocycles. The molecule has 1 aromatic heterocycles.